The number of sulfonamides is 1. The number of nitrogens with one attached hydrogen (secondary N) is 2. The molecule has 1 aromatic carbocycles. The van der Waals surface area contributed by atoms with Crippen LogP contribution in [-0.2, 0) is 21.4 Å². The number of rotatable bonds is 8. The molecule has 3 rings (SSSR count). The summed E-state index contributed by atoms with van der Waals surface area (Å²) in [5, 5.41) is 6.58. The summed E-state index contributed by atoms with van der Waals surface area (Å²) in [6, 6.07) is 8.01. The van der Waals surface area contributed by atoms with E-state index in [1.165, 1.54) is 17.1 Å². The zero-order valence-corrected chi connectivity index (χ0v) is 18.3. The van der Waals surface area contributed by atoms with Gasteiger partial charge in [0, 0.05) is 38.1 Å². The van der Waals surface area contributed by atoms with Crippen molar-refractivity contribution in [3.05, 3.63) is 29.8 Å². The van der Waals surface area contributed by atoms with Crippen LogP contribution >= 0.6 is 12.4 Å². The van der Waals surface area contributed by atoms with Crippen LogP contribution in [0.5, 0.6) is 0 Å². The highest BCUT2D eigenvalue weighted by Gasteiger charge is 2.34. The van der Waals surface area contributed by atoms with E-state index < -0.39 is 10.0 Å². The quantitative estimate of drug-likeness (QED) is 0.665. The highest BCUT2D eigenvalue weighted by atomic mass is 35.5. The molecule has 1 aromatic rings. The molecule has 6 nitrogen and oxygen atoms in total. The molecule has 2 saturated heterocycles. The topological polar surface area (TPSA) is 78.5 Å². The Morgan fingerprint density at radius 2 is 1.68 bits per heavy atom. The maximum atomic E-state index is 12.5. The molecule has 2 atom stereocenters. The van der Waals surface area contributed by atoms with Crippen LogP contribution in [0.4, 0.5) is 0 Å². The molecular weight excluding hydrogens is 398 g/mol. The Balaban J connectivity index is 0.00000280. The molecule has 2 aliphatic heterocycles. The fourth-order valence-electron chi connectivity index (χ4n) is 4.37. The lowest BCUT2D eigenvalue weighted by Crippen LogP contribution is -2.39. The molecule has 1 amide bonds. The van der Waals surface area contributed by atoms with Gasteiger partial charge in [0.1, 0.15) is 0 Å². The van der Waals surface area contributed by atoms with Crippen LogP contribution in [0.3, 0.4) is 0 Å². The minimum absolute atomic E-state index is 0. The Labute approximate surface area is 174 Å². The van der Waals surface area contributed by atoms with Crippen LogP contribution in [0.15, 0.2) is 29.2 Å². The minimum Gasteiger partial charge on any atom is -0.352 e. The van der Waals surface area contributed by atoms with E-state index in [9.17, 15) is 13.2 Å². The molecule has 2 unspecified atom stereocenters. The summed E-state index contributed by atoms with van der Waals surface area (Å²) in [5.74, 6) is 0.562. The summed E-state index contributed by atoms with van der Waals surface area (Å²) in [6.07, 6.45) is 5.27. The lowest BCUT2D eigenvalue weighted by Gasteiger charge is -2.28. The summed E-state index contributed by atoms with van der Waals surface area (Å²) >= 11 is 0. The number of benzene rings is 1. The number of piperidine rings is 1. The van der Waals surface area contributed by atoms with Crippen molar-refractivity contribution < 1.29 is 13.2 Å². The molecule has 2 heterocycles. The van der Waals surface area contributed by atoms with Crippen LogP contribution in [0.25, 0.3) is 0 Å². The first-order valence-corrected chi connectivity index (χ1v) is 11.5. The third kappa shape index (κ3) is 5.47. The monoisotopic (exact) mass is 429 g/mol. The van der Waals surface area contributed by atoms with Crippen molar-refractivity contribution >= 4 is 28.3 Å². The van der Waals surface area contributed by atoms with Crippen molar-refractivity contribution in [3.63, 3.8) is 0 Å². The molecule has 28 heavy (non-hydrogen) atoms. The zero-order chi connectivity index (χ0) is 19.4. The average molecular weight is 430 g/mol. The zero-order valence-electron chi connectivity index (χ0n) is 16.7. The number of carbonyl (C=O) groups excluding carboxylic acids is 1. The number of fused-ring (bicyclic) bond motifs is 2. The first kappa shape index (κ1) is 23.1. The van der Waals surface area contributed by atoms with Crippen LogP contribution < -0.4 is 10.6 Å². The number of amides is 1. The standard InChI is InChI=1S/C20H31N3O3S.ClH/c1-3-23(4-2)27(25,26)19-9-5-15(6-10-19)14-21-20(24)13-16-11-17-7-8-18(12-16)22-17;/h5-6,9-10,16-18,22H,3-4,7-8,11-14H2,1-2H3,(H,21,24);1H. The number of hydrogen-bond acceptors (Lipinski definition) is 4. The molecule has 0 radical (unpaired) electrons. The second kappa shape index (κ2) is 10.1. The Hall–Kier alpha value is -1.15. The molecule has 0 spiro atoms. The van der Waals surface area contributed by atoms with Gasteiger partial charge >= 0.3 is 0 Å². The molecule has 2 bridgehead atoms. The second-order valence-corrected chi connectivity index (χ2v) is 9.63. The molecule has 0 saturated carbocycles. The predicted octanol–water partition coefficient (Wildman–Crippen LogP) is 2.68. The number of carbonyl (C=O) groups is 1. The van der Waals surface area contributed by atoms with Crippen LogP contribution in [0, 0.1) is 5.92 Å². The van der Waals surface area contributed by atoms with E-state index in [0.717, 1.165) is 18.4 Å². The first-order valence-electron chi connectivity index (χ1n) is 10.0. The molecule has 8 heteroatoms. The van der Waals surface area contributed by atoms with Crippen molar-refractivity contribution in [3.8, 4) is 0 Å². The highest BCUT2D eigenvalue weighted by Crippen LogP contribution is 2.32. The number of halogens is 1. The number of nitrogens with zero attached hydrogens (tertiary/aromatic N) is 1. The van der Waals surface area contributed by atoms with Crippen molar-refractivity contribution in [2.24, 2.45) is 5.92 Å². The maximum absolute atomic E-state index is 12.5. The lowest BCUT2D eigenvalue weighted by atomic mass is 9.89. The third-order valence-electron chi connectivity index (χ3n) is 5.80. The lowest BCUT2D eigenvalue weighted by molar-refractivity contribution is -0.122. The fourth-order valence-corrected chi connectivity index (χ4v) is 5.83. The fraction of sp³-hybridized carbons (Fsp3) is 0.650. The summed E-state index contributed by atoms with van der Waals surface area (Å²) in [4.78, 5) is 12.6. The second-order valence-electron chi connectivity index (χ2n) is 7.69. The van der Waals surface area contributed by atoms with E-state index in [1.54, 1.807) is 24.3 Å². The van der Waals surface area contributed by atoms with Gasteiger partial charge in [0.2, 0.25) is 15.9 Å². The van der Waals surface area contributed by atoms with Crippen molar-refractivity contribution in [1.82, 2.24) is 14.9 Å². The van der Waals surface area contributed by atoms with Gasteiger partial charge in [-0.2, -0.15) is 4.31 Å². The SMILES string of the molecule is CCN(CC)S(=O)(=O)c1ccc(CNC(=O)CC2CC3CCC(C2)N3)cc1.Cl. The average Bonchev–Trinajstić information content (AvgIpc) is 2.99. The third-order valence-corrected chi connectivity index (χ3v) is 7.87. The predicted molar refractivity (Wildman–Crippen MR) is 113 cm³/mol. The molecule has 2 fully saturated rings. The van der Waals surface area contributed by atoms with E-state index in [-0.39, 0.29) is 18.3 Å². The summed E-state index contributed by atoms with van der Waals surface area (Å²) in [7, 11) is -3.43. The van der Waals surface area contributed by atoms with E-state index in [0.29, 0.717) is 49.0 Å². The Kier molecular flexibility index (Phi) is 8.30. The van der Waals surface area contributed by atoms with Crippen molar-refractivity contribution in [2.45, 2.75) is 69.5 Å². The summed E-state index contributed by atoms with van der Waals surface area (Å²) < 4.78 is 26.4. The Morgan fingerprint density at radius 1 is 1.11 bits per heavy atom. The van der Waals surface area contributed by atoms with E-state index in [2.05, 4.69) is 10.6 Å². The van der Waals surface area contributed by atoms with Gasteiger partial charge in [0.05, 0.1) is 4.90 Å². The van der Waals surface area contributed by atoms with E-state index in [1.807, 2.05) is 13.8 Å². The first-order chi connectivity index (χ1) is 12.9. The normalized spacial score (nSPS) is 24.0. The maximum Gasteiger partial charge on any atom is 0.243 e. The van der Waals surface area contributed by atoms with E-state index in [4.69, 9.17) is 0 Å². The Bertz CT molecular complexity index is 738. The Morgan fingerprint density at radius 3 is 2.21 bits per heavy atom. The number of hydrogen-bond donors (Lipinski definition) is 2. The molecular formula is C20H32ClN3O3S. The van der Waals surface area contributed by atoms with Crippen LogP contribution in [-0.4, -0.2) is 43.8 Å². The molecule has 158 valence electrons. The van der Waals surface area contributed by atoms with Gasteiger partial charge in [-0.05, 0) is 49.3 Å². The molecule has 2 aliphatic rings. The van der Waals surface area contributed by atoms with Crippen molar-refractivity contribution in [2.75, 3.05) is 13.1 Å². The molecule has 0 aromatic heterocycles. The van der Waals surface area contributed by atoms with Gasteiger partial charge in [-0.15, -0.1) is 12.4 Å². The van der Waals surface area contributed by atoms with Gasteiger partial charge in [-0.3, -0.25) is 4.79 Å². The van der Waals surface area contributed by atoms with Gasteiger partial charge in [0.15, 0.2) is 0 Å². The summed E-state index contributed by atoms with van der Waals surface area (Å²) in [5.41, 5.74) is 0.909. The van der Waals surface area contributed by atoms with Gasteiger partial charge in [0.25, 0.3) is 0 Å². The van der Waals surface area contributed by atoms with E-state index >= 15 is 0 Å². The largest absolute Gasteiger partial charge is 0.352 e. The molecule has 0 aliphatic carbocycles. The van der Waals surface area contributed by atoms with Gasteiger partial charge in [-0.1, -0.05) is 26.0 Å². The molecule has 2 N–H and O–H groups in total. The van der Waals surface area contributed by atoms with Gasteiger partial charge in [-0.25, -0.2) is 8.42 Å². The minimum atomic E-state index is -3.43. The van der Waals surface area contributed by atoms with Crippen molar-refractivity contribution in [1.29, 1.82) is 0 Å². The highest BCUT2D eigenvalue weighted by molar-refractivity contribution is 7.89. The van der Waals surface area contributed by atoms with Crippen LogP contribution in [0.2, 0.25) is 0 Å². The van der Waals surface area contributed by atoms with Gasteiger partial charge < -0.3 is 10.6 Å². The summed E-state index contributed by atoms with van der Waals surface area (Å²) in [6.45, 7) is 5.00. The smallest absolute Gasteiger partial charge is 0.243 e. The van der Waals surface area contributed by atoms with Crippen LogP contribution in [0.1, 0.15) is 51.5 Å².